The van der Waals surface area contributed by atoms with E-state index in [9.17, 15) is 4.79 Å². The zero-order valence-corrected chi connectivity index (χ0v) is 5.57. The van der Waals surface area contributed by atoms with Crippen LogP contribution in [0.25, 0.3) is 0 Å². The summed E-state index contributed by atoms with van der Waals surface area (Å²) in [4.78, 5) is 9.67. The van der Waals surface area contributed by atoms with Crippen LogP contribution < -0.4 is 5.32 Å². The van der Waals surface area contributed by atoms with Crippen molar-refractivity contribution in [3.05, 3.63) is 22.4 Å². The van der Waals surface area contributed by atoms with Crippen molar-refractivity contribution in [1.82, 2.24) is 5.32 Å². The van der Waals surface area contributed by atoms with E-state index in [0.717, 1.165) is 5.56 Å². The van der Waals surface area contributed by atoms with Gasteiger partial charge in [-0.3, -0.25) is 4.79 Å². The normalized spacial score (nSPS) is 8.89. The molecule has 0 saturated carbocycles. The van der Waals surface area contributed by atoms with Gasteiger partial charge in [0.25, 0.3) is 0 Å². The molecule has 0 atom stereocenters. The molecule has 1 aromatic rings. The van der Waals surface area contributed by atoms with E-state index in [1.807, 2.05) is 16.8 Å². The fourth-order valence-electron chi connectivity index (χ4n) is 0.531. The number of hydrogen-bond donors (Lipinski definition) is 1. The van der Waals surface area contributed by atoms with Crippen molar-refractivity contribution in [2.45, 2.75) is 6.54 Å². The molecule has 0 spiro atoms. The van der Waals surface area contributed by atoms with E-state index < -0.39 is 0 Å². The zero-order chi connectivity index (χ0) is 6.53. The van der Waals surface area contributed by atoms with Gasteiger partial charge in [-0.15, -0.1) is 0 Å². The van der Waals surface area contributed by atoms with Crippen LogP contribution in [0.2, 0.25) is 0 Å². The van der Waals surface area contributed by atoms with Crippen molar-refractivity contribution < 1.29 is 4.79 Å². The van der Waals surface area contributed by atoms with Gasteiger partial charge >= 0.3 is 6.41 Å². The van der Waals surface area contributed by atoms with Crippen LogP contribution in [0, 0.1) is 0 Å². The molecule has 1 rings (SSSR count). The highest BCUT2D eigenvalue weighted by molar-refractivity contribution is 7.07. The van der Waals surface area contributed by atoms with Gasteiger partial charge in [-0.2, -0.15) is 11.3 Å². The van der Waals surface area contributed by atoms with Gasteiger partial charge in [-0.05, 0) is 22.4 Å². The maximum absolute atomic E-state index is 9.67. The first kappa shape index (κ1) is 6.29. The Morgan fingerprint density at radius 2 is 2.67 bits per heavy atom. The molecular formula is C6H6NOS. The summed E-state index contributed by atoms with van der Waals surface area (Å²) in [5, 5.41) is 6.42. The highest BCUT2D eigenvalue weighted by Crippen LogP contribution is 2.03. The molecule has 0 aliphatic carbocycles. The van der Waals surface area contributed by atoms with E-state index in [4.69, 9.17) is 0 Å². The number of nitrogens with one attached hydrogen (secondary N) is 1. The predicted octanol–water partition coefficient (Wildman–Crippen LogP) is 0.905. The van der Waals surface area contributed by atoms with Gasteiger partial charge in [0.15, 0.2) is 0 Å². The standard InChI is InChI=1S/C6H6NOS/c8-5-7-3-6-1-2-9-4-6/h1-2,4H,3H2,(H,7,8). The van der Waals surface area contributed by atoms with Gasteiger partial charge in [0.2, 0.25) is 0 Å². The molecule has 47 valence electrons. The first-order valence-corrected chi connectivity index (χ1v) is 3.49. The summed E-state index contributed by atoms with van der Waals surface area (Å²) in [5.74, 6) is 0. The number of hydrogen-bond acceptors (Lipinski definition) is 2. The molecule has 3 heteroatoms. The van der Waals surface area contributed by atoms with Gasteiger partial charge in [0.1, 0.15) is 0 Å². The first-order chi connectivity index (χ1) is 4.43. The molecule has 0 aliphatic heterocycles. The van der Waals surface area contributed by atoms with E-state index in [-0.39, 0.29) is 0 Å². The molecule has 1 radical (unpaired) electrons. The summed E-state index contributed by atoms with van der Waals surface area (Å²) in [6.07, 6.45) is 1.61. The van der Waals surface area contributed by atoms with E-state index >= 15 is 0 Å². The average Bonchev–Trinajstić information content (AvgIpc) is 2.34. The van der Waals surface area contributed by atoms with Gasteiger partial charge in [-0.1, -0.05) is 0 Å². The second kappa shape index (κ2) is 3.25. The Morgan fingerprint density at radius 1 is 1.78 bits per heavy atom. The quantitative estimate of drug-likeness (QED) is 0.621. The van der Waals surface area contributed by atoms with Gasteiger partial charge in [0.05, 0.1) is 0 Å². The molecule has 1 amide bonds. The molecule has 0 bridgehead atoms. The maximum Gasteiger partial charge on any atom is 0.309 e. The fourth-order valence-corrected chi connectivity index (χ4v) is 1.20. The van der Waals surface area contributed by atoms with E-state index in [2.05, 4.69) is 5.32 Å². The van der Waals surface area contributed by atoms with Crippen LogP contribution in [0.1, 0.15) is 5.56 Å². The van der Waals surface area contributed by atoms with Crippen LogP contribution in [0.15, 0.2) is 16.8 Å². The molecule has 2 nitrogen and oxygen atoms in total. The van der Waals surface area contributed by atoms with E-state index in [0.29, 0.717) is 6.54 Å². The highest BCUT2D eigenvalue weighted by atomic mass is 32.1. The summed E-state index contributed by atoms with van der Waals surface area (Å²) in [5.41, 5.74) is 1.13. The minimum Gasteiger partial charge on any atom is -0.344 e. The van der Waals surface area contributed by atoms with Crippen molar-refractivity contribution in [2.24, 2.45) is 0 Å². The zero-order valence-electron chi connectivity index (χ0n) is 4.76. The number of rotatable bonds is 3. The predicted molar refractivity (Wildman–Crippen MR) is 36.9 cm³/mol. The monoisotopic (exact) mass is 140 g/mol. The minimum atomic E-state index is 0.590. The number of amides is 1. The highest BCUT2D eigenvalue weighted by Gasteiger charge is 1.88. The third-order valence-electron chi connectivity index (χ3n) is 0.945. The molecule has 1 heterocycles. The second-order valence-corrected chi connectivity index (χ2v) is 2.37. The summed E-state index contributed by atoms with van der Waals surface area (Å²) in [7, 11) is 0. The summed E-state index contributed by atoms with van der Waals surface area (Å²) in [6, 6.07) is 1.97. The Morgan fingerprint density at radius 3 is 3.22 bits per heavy atom. The van der Waals surface area contributed by atoms with Crippen molar-refractivity contribution >= 4 is 17.7 Å². The Bertz CT molecular complexity index is 171. The molecule has 1 aromatic heterocycles. The lowest BCUT2D eigenvalue weighted by Crippen LogP contribution is -2.08. The largest absolute Gasteiger partial charge is 0.344 e. The topological polar surface area (TPSA) is 29.1 Å². The first-order valence-electron chi connectivity index (χ1n) is 2.54. The lowest BCUT2D eigenvalue weighted by Gasteiger charge is -1.89. The Hall–Kier alpha value is -0.830. The lowest BCUT2D eigenvalue weighted by atomic mass is 10.3. The maximum atomic E-state index is 9.67. The molecule has 1 N–H and O–H groups in total. The Labute approximate surface area is 57.5 Å². The SMILES string of the molecule is O=[C]NCc1ccsc1. The van der Waals surface area contributed by atoms with Crippen LogP contribution in [0.5, 0.6) is 0 Å². The van der Waals surface area contributed by atoms with E-state index in [1.165, 1.54) is 0 Å². The summed E-state index contributed by atoms with van der Waals surface area (Å²) in [6.45, 7) is 0.590. The Balaban J connectivity index is 2.38. The molecule has 0 aliphatic rings. The Kier molecular flexibility index (Phi) is 2.27. The van der Waals surface area contributed by atoms with E-state index in [1.54, 1.807) is 17.7 Å². The van der Waals surface area contributed by atoms with Crippen molar-refractivity contribution in [3.8, 4) is 0 Å². The summed E-state index contributed by atoms with van der Waals surface area (Å²) >= 11 is 1.62. The van der Waals surface area contributed by atoms with Gasteiger partial charge in [-0.25, -0.2) is 0 Å². The molecule has 0 saturated heterocycles. The molecule has 0 aromatic carbocycles. The average molecular weight is 140 g/mol. The van der Waals surface area contributed by atoms with Crippen LogP contribution in [-0.4, -0.2) is 6.41 Å². The number of thiophene rings is 1. The van der Waals surface area contributed by atoms with Crippen LogP contribution >= 0.6 is 11.3 Å². The fraction of sp³-hybridized carbons (Fsp3) is 0.167. The minimum absolute atomic E-state index is 0.590. The van der Waals surface area contributed by atoms with Crippen LogP contribution in [0.3, 0.4) is 0 Å². The van der Waals surface area contributed by atoms with Crippen LogP contribution in [0.4, 0.5) is 0 Å². The second-order valence-electron chi connectivity index (χ2n) is 1.59. The van der Waals surface area contributed by atoms with Crippen LogP contribution in [-0.2, 0) is 11.3 Å². The molecule has 0 fully saturated rings. The van der Waals surface area contributed by atoms with Crippen molar-refractivity contribution in [1.29, 1.82) is 0 Å². The summed E-state index contributed by atoms with van der Waals surface area (Å²) < 4.78 is 0. The third-order valence-corrected chi connectivity index (χ3v) is 1.68. The molecular weight excluding hydrogens is 134 g/mol. The van der Waals surface area contributed by atoms with Gasteiger partial charge < -0.3 is 5.32 Å². The third kappa shape index (κ3) is 1.85. The van der Waals surface area contributed by atoms with Gasteiger partial charge in [0, 0.05) is 6.54 Å². The van der Waals surface area contributed by atoms with Crippen molar-refractivity contribution in [3.63, 3.8) is 0 Å². The number of carbonyl (C=O) groups excluding carboxylic acids is 1. The molecule has 9 heavy (non-hydrogen) atoms. The lowest BCUT2D eigenvalue weighted by molar-refractivity contribution is 0.542. The molecule has 0 unspecified atom stereocenters. The van der Waals surface area contributed by atoms with Crippen molar-refractivity contribution in [2.75, 3.05) is 0 Å². The smallest absolute Gasteiger partial charge is 0.309 e.